The summed E-state index contributed by atoms with van der Waals surface area (Å²) in [5, 5.41) is 17.8. The van der Waals surface area contributed by atoms with Crippen molar-refractivity contribution in [2.24, 2.45) is 19.1 Å². The van der Waals surface area contributed by atoms with E-state index in [0.717, 1.165) is 5.56 Å². The first kappa shape index (κ1) is 23.1. The molecule has 3 heterocycles. The predicted octanol–water partition coefficient (Wildman–Crippen LogP) is 1.33. The molecule has 0 aliphatic carbocycles. The number of aliphatic imine (C=N–C) groups is 1. The number of imidazole rings is 1. The minimum atomic E-state index is -4.88. The van der Waals surface area contributed by atoms with Crippen molar-refractivity contribution in [1.82, 2.24) is 29.5 Å². The number of morpholine rings is 1. The molecular formula is C19H28F3N7O2. The number of aromatic nitrogens is 4. The molecule has 2 aromatic heterocycles. The summed E-state index contributed by atoms with van der Waals surface area (Å²) in [6.07, 6.45) is 0.447. The number of nitrogens with zero attached hydrogens (tertiary/aromatic N) is 6. The molecule has 12 heteroatoms. The van der Waals surface area contributed by atoms with Crippen LogP contribution in [0.5, 0.6) is 0 Å². The van der Waals surface area contributed by atoms with E-state index < -0.39 is 24.0 Å². The summed E-state index contributed by atoms with van der Waals surface area (Å²) in [5.74, 6) is 0.0206. The molecule has 3 rings (SSSR count). The van der Waals surface area contributed by atoms with Gasteiger partial charge in [-0.05, 0) is 6.92 Å². The number of ether oxygens (including phenoxy) is 1. The maximum absolute atomic E-state index is 13.7. The molecule has 2 N–H and O–H groups in total. The van der Waals surface area contributed by atoms with Gasteiger partial charge in [0.15, 0.2) is 5.96 Å². The van der Waals surface area contributed by atoms with Gasteiger partial charge in [-0.25, -0.2) is 4.98 Å². The first-order chi connectivity index (χ1) is 14.7. The Balaban J connectivity index is 1.75. The van der Waals surface area contributed by atoms with Crippen molar-refractivity contribution in [3.8, 4) is 0 Å². The number of halogens is 3. The molecule has 2 atom stereocenters. The number of nitrogens with one attached hydrogen (secondary N) is 1. The molecule has 1 saturated heterocycles. The number of aliphatic hydroxyl groups is 1. The Hall–Kier alpha value is -2.60. The first-order valence-electron chi connectivity index (χ1n) is 10.1. The van der Waals surface area contributed by atoms with Crippen LogP contribution in [0.1, 0.15) is 30.8 Å². The lowest BCUT2D eigenvalue weighted by atomic mass is 9.98. The molecular weight excluding hydrogens is 415 g/mol. The van der Waals surface area contributed by atoms with Gasteiger partial charge in [-0.15, -0.1) is 0 Å². The van der Waals surface area contributed by atoms with Gasteiger partial charge < -0.3 is 24.6 Å². The number of rotatable bonds is 6. The highest BCUT2D eigenvalue weighted by Crippen LogP contribution is 2.40. The van der Waals surface area contributed by atoms with Gasteiger partial charge in [0.1, 0.15) is 11.9 Å². The number of hydrogen-bond acceptors (Lipinski definition) is 5. The summed E-state index contributed by atoms with van der Waals surface area (Å²) in [6.45, 7) is 3.68. The molecule has 1 aliphatic rings. The standard InChI is InChI=1S/C19H28F3N7O2/c1-4-23-17(29-9-10-31-15(13-29)14-11-26-28(3)12-14)25-6-5-18(30,19(20,21)22)16-24-7-8-27(16)2/h7-8,11-12,15,30H,4-6,9-10,13H2,1-3H3,(H,23,25). The molecule has 31 heavy (non-hydrogen) atoms. The van der Waals surface area contributed by atoms with Crippen LogP contribution < -0.4 is 5.32 Å². The van der Waals surface area contributed by atoms with Crippen molar-refractivity contribution in [2.75, 3.05) is 32.8 Å². The minimum absolute atomic E-state index is 0.217. The smallest absolute Gasteiger partial charge is 0.374 e. The van der Waals surface area contributed by atoms with Gasteiger partial charge in [0.05, 0.1) is 19.3 Å². The van der Waals surface area contributed by atoms with Crippen LogP contribution in [0.25, 0.3) is 0 Å². The number of alkyl halides is 3. The largest absolute Gasteiger partial charge is 0.424 e. The Kier molecular flexibility index (Phi) is 6.90. The van der Waals surface area contributed by atoms with Crippen LogP contribution in [0.15, 0.2) is 29.8 Å². The Morgan fingerprint density at radius 1 is 1.39 bits per heavy atom. The van der Waals surface area contributed by atoms with E-state index in [1.807, 2.05) is 25.1 Å². The topological polar surface area (TPSA) is 92.7 Å². The van der Waals surface area contributed by atoms with Gasteiger partial charge in [-0.3, -0.25) is 9.67 Å². The third kappa shape index (κ3) is 5.01. The summed E-state index contributed by atoms with van der Waals surface area (Å²) < 4.78 is 49.8. The van der Waals surface area contributed by atoms with Gasteiger partial charge >= 0.3 is 6.18 Å². The van der Waals surface area contributed by atoms with Gasteiger partial charge in [-0.1, -0.05) is 0 Å². The highest BCUT2D eigenvalue weighted by Gasteiger charge is 2.57. The highest BCUT2D eigenvalue weighted by atomic mass is 19.4. The zero-order valence-electron chi connectivity index (χ0n) is 17.8. The van der Waals surface area contributed by atoms with Gasteiger partial charge in [0, 0.05) is 64.3 Å². The average molecular weight is 443 g/mol. The van der Waals surface area contributed by atoms with E-state index in [4.69, 9.17) is 4.74 Å². The summed E-state index contributed by atoms with van der Waals surface area (Å²) >= 11 is 0. The molecule has 2 unspecified atom stereocenters. The van der Waals surface area contributed by atoms with Crippen LogP contribution in [-0.2, 0) is 24.4 Å². The SMILES string of the molecule is CCNC(=NCCC(O)(c1nccn1C)C(F)(F)F)N1CCOC(c2cnn(C)c2)C1. The highest BCUT2D eigenvalue weighted by molar-refractivity contribution is 5.80. The third-order valence-electron chi connectivity index (χ3n) is 5.19. The Labute approximate surface area is 178 Å². The molecule has 0 saturated carbocycles. The summed E-state index contributed by atoms with van der Waals surface area (Å²) in [4.78, 5) is 10.0. The van der Waals surface area contributed by atoms with Crippen molar-refractivity contribution in [3.05, 3.63) is 36.2 Å². The lowest BCUT2D eigenvalue weighted by Gasteiger charge is -2.35. The molecule has 0 amide bonds. The normalized spacial score (nSPS) is 20.0. The zero-order valence-corrected chi connectivity index (χ0v) is 17.8. The Morgan fingerprint density at radius 2 is 2.16 bits per heavy atom. The van der Waals surface area contributed by atoms with Crippen LogP contribution in [0.2, 0.25) is 0 Å². The minimum Gasteiger partial charge on any atom is -0.374 e. The second kappa shape index (κ2) is 9.27. The second-order valence-corrected chi connectivity index (χ2v) is 7.46. The van der Waals surface area contributed by atoms with E-state index in [2.05, 4.69) is 20.4 Å². The number of hydrogen-bond donors (Lipinski definition) is 2. The maximum atomic E-state index is 13.7. The molecule has 0 spiro atoms. The molecule has 0 aromatic carbocycles. The fraction of sp³-hybridized carbons (Fsp3) is 0.632. The van der Waals surface area contributed by atoms with Crippen molar-refractivity contribution in [2.45, 2.75) is 31.2 Å². The van der Waals surface area contributed by atoms with Crippen LogP contribution in [-0.4, -0.2) is 74.3 Å². The lowest BCUT2D eigenvalue weighted by Crippen LogP contribution is -2.48. The molecule has 0 bridgehead atoms. The van der Waals surface area contributed by atoms with Crippen LogP contribution >= 0.6 is 0 Å². The third-order valence-corrected chi connectivity index (χ3v) is 5.19. The maximum Gasteiger partial charge on any atom is 0.424 e. The zero-order chi connectivity index (χ0) is 22.6. The molecule has 2 aromatic rings. The molecule has 1 fully saturated rings. The van der Waals surface area contributed by atoms with E-state index in [1.54, 1.807) is 10.9 Å². The molecule has 9 nitrogen and oxygen atoms in total. The van der Waals surface area contributed by atoms with Crippen LogP contribution in [0, 0.1) is 0 Å². The van der Waals surface area contributed by atoms with Crippen LogP contribution in [0.3, 0.4) is 0 Å². The van der Waals surface area contributed by atoms with Crippen molar-refractivity contribution < 1.29 is 23.0 Å². The van der Waals surface area contributed by atoms with E-state index in [1.165, 1.54) is 24.0 Å². The fourth-order valence-corrected chi connectivity index (χ4v) is 3.54. The molecule has 0 radical (unpaired) electrons. The van der Waals surface area contributed by atoms with Gasteiger partial charge in [-0.2, -0.15) is 18.3 Å². The van der Waals surface area contributed by atoms with Crippen LogP contribution in [0.4, 0.5) is 13.2 Å². The van der Waals surface area contributed by atoms with E-state index in [0.29, 0.717) is 32.2 Å². The van der Waals surface area contributed by atoms with Crippen molar-refractivity contribution in [1.29, 1.82) is 0 Å². The summed E-state index contributed by atoms with van der Waals surface area (Å²) in [5.41, 5.74) is -2.17. The monoisotopic (exact) mass is 443 g/mol. The number of guanidine groups is 1. The lowest BCUT2D eigenvalue weighted by molar-refractivity contribution is -0.272. The quantitative estimate of drug-likeness (QED) is 0.517. The average Bonchev–Trinajstić information content (AvgIpc) is 3.35. The Bertz CT molecular complexity index is 895. The number of aryl methyl sites for hydroxylation is 2. The van der Waals surface area contributed by atoms with Gasteiger partial charge in [0.25, 0.3) is 0 Å². The van der Waals surface area contributed by atoms with Gasteiger partial charge in [0.2, 0.25) is 5.60 Å². The molecule has 1 aliphatic heterocycles. The van der Waals surface area contributed by atoms with Crippen molar-refractivity contribution >= 4 is 5.96 Å². The first-order valence-corrected chi connectivity index (χ1v) is 10.1. The predicted molar refractivity (Wildman–Crippen MR) is 107 cm³/mol. The fourth-order valence-electron chi connectivity index (χ4n) is 3.54. The van der Waals surface area contributed by atoms with E-state index >= 15 is 0 Å². The second-order valence-electron chi connectivity index (χ2n) is 7.46. The Morgan fingerprint density at radius 3 is 2.74 bits per heavy atom. The molecule has 172 valence electrons. The van der Waals surface area contributed by atoms with E-state index in [-0.39, 0.29) is 12.6 Å². The van der Waals surface area contributed by atoms with E-state index in [9.17, 15) is 18.3 Å². The summed E-state index contributed by atoms with van der Waals surface area (Å²) in [7, 11) is 3.23. The summed E-state index contributed by atoms with van der Waals surface area (Å²) in [6, 6.07) is 0. The van der Waals surface area contributed by atoms with Crippen molar-refractivity contribution in [3.63, 3.8) is 0 Å².